The van der Waals surface area contributed by atoms with Gasteiger partial charge in [-0.2, -0.15) is 5.10 Å². The monoisotopic (exact) mass is 387 g/mol. The van der Waals surface area contributed by atoms with E-state index in [1.165, 1.54) is 0 Å². The van der Waals surface area contributed by atoms with Gasteiger partial charge in [-0.15, -0.1) is 12.4 Å². The average molecular weight is 388 g/mol. The molecule has 7 nitrogen and oxygen atoms in total. The summed E-state index contributed by atoms with van der Waals surface area (Å²) < 4.78 is 7.12. The van der Waals surface area contributed by atoms with Gasteiger partial charge in [0, 0.05) is 43.9 Å². The second kappa shape index (κ2) is 8.37. The molecule has 8 heteroatoms. The molecule has 2 atom stereocenters. The van der Waals surface area contributed by atoms with Crippen molar-refractivity contribution >= 4 is 18.3 Å². The van der Waals surface area contributed by atoms with E-state index in [0.29, 0.717) is 18.8 Å². The molecular formula is C19H22ClN5O2. The van der Waals surface area contributed by atoms with Crippen LogP contribution in [0.25, 0.3) is 11.3 Å². The standard InChI is InChI=1S/C19H21N5O2.ClH/c1-24-12-14(8-22-24)16-10-20-11-17(16)19(25)21-9-15-7-18(23-26-15)13-5-3-2-4-6-13;/h2-8,12,16-17,20H,9-11H2,1H3,(H,21,25);1H/t16-,17+;/m1./s1. The van der Waals surface area contributed by atoms with Gasteiger partial charge in [-0.05, 0) is 5.56 Å². The van der Waals surface area contributed by atoms with Crippen LogP contribution < -0.4 is 10.6 Å². The lowest BCUT2D eigenvalue weighted by atomic mass is 9.90. The first kappa shape index (κ1) is 19.1. The van der Waals surface area contributed by atoms with Crippen LogP contribution in [0.2, 0.25) is 0 Å². The van der Waals surface area contributed by atoms with E-state index in [1.54, 1.807) is 4.68 Å². The lowest BCUT2D eigenvalue weighted by Gasteiger charge is -2.16. The van der Waals surface area contributed by atoms with Crippen LogP contribution in [0.15, 0.2) is 53.3 Å². The van der Waals surface area contributed by atoms with Crippen molar-refractivity contribution < 1.29 is 9.32 Å². The molecule has 1 amide bonds. The van der Waals surface area contributed by atoms with Crippen molar-refractivity contribution in [2.45, 2.75) is 12.5 Å². The highest BCUT2D eigenvalue weighted by Crippen LogP contribution is 2.28. The van der Waals surface area contributed by atoms with E-state index in [2.05, 4.69) is 20.9 Å². The van der Waals surface area contributed by atoms with Gasteiger partial charge in [0.05, 0.1) is 18.7 Å². The van der Waals surface area contributed by atoms with E-state index < -0.39 is 0 Å². The Morgan fingerprint density at radius 3 is 2.89 bits per heavy atom. The Kier molecular flexibility index (Phi) is 5.93. The Bertz CT molecular complexity index is 892. The highest BCUT2D eigenvalue weighted by Gasteiger charge is 2.34. The third-order valence-electron chi connectivity index (χ3n) is 4.77. The first-order chi connectivity index (χ1) is 12.7. The van der Waals surface area contributed by atoms with E-state index in [1.807, 2.05) is 55.8 Å². The number of benzene rings is 1. The van der Waals surface area contributed by atoms with Gasteiger partial charge in [-0.3, -0.25) is 9.48 Å². The van der Waals surface area contributed by atoms with Gasteiger partial charge < -0.3 is 15.2 Å². The summed E-state index contributed by atoms with van der Waals surface area (Å²) in [5.41, 5.74) is 2.85. The number of rotatable bonds is 5. The van der Waals surface area contributed by atoms with E-state index in [4.69, 9.17) is 4.52 Å². The smallest absolute Gasteiger partial charge is 0.225 e. The van der Waals surface area contributed by atoms with Crippen molar-refractivity contribution in [2.75, 3.05) is 13.1 Å². The van der Waals surface area contributed by atoms with Crippen LogP contribution in [0, 0.1) is 5.92 Å². The zero-order chi connectivity index (χ0) is 17.9. The van der Waals surface area contributed by atoms with Crippen LogP contribution in [0.3, 0.4) is 0 Å². The Hall–Kier alpha value is -2.64. The highest BCUT2D eigenvalue weighted by atomic mass is 35.5. The molecule has 27 heavy (non-hydrogen) atoms. The number of carbonyl (C=O) groups excluding carboxylic acids is 1. The maximum Gasteiger partial charge on any atom is 0.225 e. The predicted molar refractivity (Wildman–Crippen MR) is 103 cm³/mol. The zero-order valence-electron chi connectivity index (χ0n) is 15.0. The first-order valence-electron chi connectivity index (χ1n) is 8.68. The van der Waals surface area contributed by atoms with Crippen LogP contribution in [0.4, 0.5) is 0 Å². The van der Waals surface area contributed by atoms with E-state index in [-0.39, 0.29) is 30.2 Å². The summed E-state index contributed by atoms with van der Waals surface area (Å²) in [4.78, 5) is 12.6. The number of aromatic nitrogens is 3. The Morgan fingerprint density at radius 1 is 1.33 bits per heavy atom. The molecular weight excluding hydrogens is 366 g/mol. The quantitative estimate of drug-likeness (QED) is 0.700. The van der Waals surface area contributed by atoms with Crippen molar-refractivity contribution in [2.24, 2.45) is 13.0 Å². The fourth-order valence-corrected chi connectivity index (χ4v) is 3.38. The number of hydrogen-bond donors (Lipinski definition) is 2. The van der Waals surface area contributed by atoms with E-state index >= 15 is 0 Å². The predicted octanol–water partition coefficient (Wildman–Crippen LogP) is 2.12. The Morgan fingerprint density at radius 2 is 2.15 bits per heavy atom. The summed E-state index contributed by atoms with van der Waals surface area (Å²) in [5.74, 6) is 0.677. The van der Waals surface area contributed by atoms with Crippen molar-refractivity contribution in [1.29, 1.82) is 0 Å². The molecule has 3 aromatic rings. The molecule has 2 N–H and O–H groups in total. The van der Waals surface area contributed by atoms with Crippen LogP contribution in [-0.4, -0.2) is 33.9 Å². The zero-order valence-corrected chi connectivity index (χ0v) is 15.8. The lowest BCUT2D eigenvalue weighted by molar-refractivity contribution is -0.125. The molecule has 0 unspecified atom stereocenters. The van der Waals surface area contributed by atoms with E-state index in [9.17, 15) is 4.79 Å². The second-order valence-electron chi connectivity index (χ2n) is 6.58. The third kappa shape index (κ3) is 4.20. The number of hydrogen-bond acceptors (Lipinski definition) is 5. The molecule has 0 saturated carbocycles. The fraction of sp³-hybridized carbons (Fsp3) is 0.316. The van der Waals surface area contributed by atoms with Gasteiger partial charge in [0.1, 0.15) is 5.69 Å². The van der Waals surface area contributed by atoms with E-state index in [0.717, 1.165) is 23.4 Å². The molecule has 142 valence electrons. The van der Waals surface area contributed by atoms with Crippen molar-refractivity contribution in [1.82, 2.24) is 25.6 Å². The van der Waals surface area contributed by atoms with Crippen LogP contribution >= 0.6 is 12.4 Å². The minimum absolute atomic E-state index is 0. The van der Waals surface area contributed by atoms with Gasteiger partial charge in [0.2, 0.25) is 5.91 Å². The molecule has 0 spiro atoms. The summed E-state index contributed by atoms with van der Waals surface area (Å²) in [6, 6.07) is 11.7. The largest absolute Gasteiger partial charge is 0.359 e. The van der Waals surface area contributed by atoms with Crippen molar-refractivity contribution in [3.05, 3.63) is 60.1 Å². The number of halogens is 1. The minimum Gasteiger partial charge on any atom is -0.359 e. The maximum absolute atomic E-state index is 12.6. The molecule has 1 aliphatic heterocycles. The average Bonchev–Trinajstić information content (AvgIpc) is 3.40. The molecule has 1 saturated heterocycles. The summed E-state index contributed by atoms with van der Waals surface area (Å²) in [7, 11) is 1.88. The van der Waals surface area contributed by atoms with Crippen LogP contribution in [0.1, 0.15) is 17.2 Å². The number of nitrogens with one attached hydrogen (secondary N) is 2. The second-order valence-corrected chi connectivity index (χ2v) is 6.58. The molecule has 2 aromatic heterocycles. The molecule has 0 radical (unpaired) electrons. The third-order valence-corrected chi connectivity index (χ3v) is 4.77. The van der Waals surface area contributed by atoms with Crippen LogP contribution in [-0.2, 0) is 18.4 Å². The molecule has 3 heterocycles. The molecule has 0 aliphatic carbocycles. The SMILES string of the molecule is Cl.Cn1cc([C@H]2CNC[C@@H]2C(=O)NCc2cc(-c3ccccc3)no2)cn1. The molecule has 1 aliphatic rings. The number of carbonyl (C=O) groups is 1. The normalized spacial score (nSPS) is 18.9. The molecule has 0 bridgehead atoms. The van der Waals surface area contributed by atoms with Gasteiger partial charge in [-0.25, -0.2) is 0 Å². The number of amides is 1. The van der Waals surface area contributed by atoms with Crippen LogP contribution in [0.5, 0.6) is 0 Å². The fourth-order valence-electron chi connectivity index (χ4n) is 3.38. The first-order valence-corrected chi connectivity index (χ1v) is 8.68. The Balaban J connectivity index is 0.00000210. The van der Waals surface area contributed by atoms with Gasteiger partial charge in [0.15, 0.2) is 5.76 Å². The van der Waals surface area contributed by atoms with Crippen molar-refractivity contribution in [3.63, 3.8) is 0 Å². The van der Waals surface area contributed by atoms with Gasteiger partial charge in [-0.1, -0.05) is 35.5 Å². The maximum atomic E-state index is 12.6. The molecule has 4 rings (SSSR count). The number of nitrogens with zero attached hydrogens (tertiary/aromatic N) is 3. The number of aryl methyl sites for hydroxylation is 1. The Labute approximate surface area is 163 Å². The summed E-state index contributed by atoms with van der Waals surface area (Å²) in [6.45, 7) is 1.77. The van der Waals surface area contributed by atoms with Crippen molar-refractivity contribution in [3.8, 4) is 11.3 Å². The topological polar surface area (TPSA) is 85.0 Å². The molecule has 1 aromatic carbocycles. The van der Waals surface area contributed by atoms with Gasteiger partial charge in [0.25, 0.3) is 0 Å². The highest BCUT2D eigenvalue weighted by molar-refractivity contribution is 5.85. The summed E-state index contributed by atoms with van der Waals surface area (Å²) >= 11 is 0. The summed E-state index contributed by atoms with van der Waals surface area (Å²) in [6.07, 6.45) is 3.81. The molecule has 1 fully saturated rings. The van der Waals surface area contributed by atoms with Gasteiger partial charge >= 0.3 is 0 Å². The summed E-state index contributed by atoms with van der Waals surface area (Å²) in [5, 5.41) is 14.6. The minimum atomic E-state index is -0.115. The lowest BCUT2D eigenvalue weighted by Crippen LogP contribution is -2.33.